The van der Waals surface area contributed by atoms with E-state index < -0.39 is 0 Å². The first-order valence-electron chi connectivity index (χ1n) is 5.95. The van der Waals surface area contributed by atoms with E-state index in [1.54, 1.807) is 18.6 Å². The Bertz CT molecular complexity index is 473. The Labute approximate surface area is 99.9 Å². The van der Waals surface area contributed by atoms with Crippen LogP contribution in [0.15, 0.2) is 30.9 Å². The van der Waals surface area contributed by atoms with Crippen molar-refractivity contribution < 1.29 is 0 Å². The Balaban J connectivity index is 1.74. The van der Waals surface area contributed by atoms with Gasteiger partial charge < -0.3 is 5.32 Å². The van der Waals surface area contributed by atoms with Crippen molar-refractivity contribution >= 4 is 0 Å². The highest BCUT2D eigenvalue weighted by atomic mass is 15.3. The summed E-state index contributed by atoms with van der Waals surface area (Å²) in [7, 11) is 0. The number of aromatic nitrogens is 4. The molecule has 0 spiro atoms. The molecule has 1 fully saturated rings. The van der Waals surface area contributed by atoms with Crippen molar-refractivity contribution in [3.05, 3.63) is 30.9 Å². The van der Waals surface area contributed by atoms with Gasteiger partial charge in [-0.05, 0) is 25.5 Å². The van der Waals surface area contributed by atoms with Gasteiger partial charge in [-0.2, -0.15) is 5.10 Å². The number of hydrogen-bond donors (Lipinski definition) is 1. The molecule has 0 amide bonds. The lowest BCUT2D eigenvalue weighted by Gasteiger charge is -2.09. The normalized spacial score (nSPS) is 19.6. The number of rotatable bonds is 3. The zero-order valence-electron chi connectivity index (χ0n) is 9.58. The van der Waals surface area contributed by atoms with Crippen molar-refractivity contribution in [1.82, 2.24) is 25.1 Å². The highest BCUT2D eigenvalue weighted by Crippen LogP contribution is 2.13. The maximum Gasteiger partial charge on any atom is 0.112 e. The van der Waals surface area contributed by atoms with E-state index in [4.69, 9.17) is 0 Å². The van der Waals surface area contributed by atoms with Crippen LogP contribution in [-0.4, -0.2) is 32.3 Å². The van der Waals surface area contributed by atoms with Gasteiger partial charge in [0.1, 0.15) is 11.4 Å². The molecule has 1 atom stereocenters. The molecule has 0 aromatic carbocycles. The summed E-state index contributed by atoms with van der Waals surface area (Å²) in [6.45, 7) is 2.06. The van der Waals surface area contributed by atoms with Gasteiger partial charge in [0.25, 0.3) is 0 Å². The van der Waals surface area contributed by atoms with Crippen molar-refractivity contribution in [2.45, 2.75) is 25.4 Å². The van der Waals surface area contributed by atoms with Crippen molar-refractivity contribution in [1.29, 1.82) is 0 Å². The highest BCUT2D eigenvalue weighted by molar-refractivity contribution is 5.51. The van der Waals surface area contributed by atoms with Gasteiger partial charge in [-0.25, -0.2) is 0 Å². The minimum absolute atomic E-state index is 0.560. The fourth-order valence-electron chi connectivity index (χ4n) is 2.17. The molecule has 0 aliphatic carbocycles. The van der Waals surface area contributed by atoms with Crippen LogP contribution in [0.5, 0.6) is 0 Å². The van der Waals surface area contributed by atoms with E-state index in [0.717, 1.165) is 24.5 Å². The van der Waals surface area contributed by atoms with Gasteiger partial charge in [0.2, 0.25) is 0 Å². The van der Waals surface area contributed by atoms with Crippen LogP contribution in [0.1, 0.15) is 12.8 Å². The molecule has 3 heterocycles. The summed E-state index contributed by atoms with van der Waals surface area (Å²) in [6.07, 6.45) is 9.60. The Hall–Kier alpha value is -1.75. The summed E-state index contributed by atoms with van der Waals surface area (Å²) in [5, 5.41) is 7.98. The van der Waals surface area contributed by atoms with Crippen LogP contribution in [0.2, 0.25) is 0 Å². The molecule has 1 aliphatic rings. The lowest BCUT2D eigenvalue weighted by Crippen LogP contribution is -2.26. The zero-order chi connectivity index (χ0) is 11.5. The first-order valence-corrected chi connectivity index (χ1v) is 5.95. The predicted octanol–water partition coefficient (Wildman–Crippen LogP) is 1.09. The quantitative estimate of drug-likeness (QED) is 0.856. The standard InChI is InChI=1S/C12H15N5/c1-2-10(14-4-1)9-17-7-3-11(16-17)12-8-13-5-6-15-12/h3,5-8,10,14H,1-2,4,9H2/t10-/m1/s1. The van der Waals surface area contributed by atoms with Crippen LogP contribution in [0.25, 0.3) is 11.4 Å². The molecular formula is C12H15N5. The van der Waals surface area contributed by atoms with Crippen LogP contribution in [0, 0.1) is 0 Å². The maximum absolute atomic E-state index is 4.52. The summed E-state index contributed by atoms with van der Waals surface area (Å²) in [6, 6.07) is 2.54. The molecule has 88 valence electrons. The molecule has 3 rings (SSSR count). The minimum atomic E-state index is 0.560. The molecule has 1 aliphatic heterocycles. The van der Waals surface area contributed by atoms with Gasteiger partial charge in [-0.15, -0.1) is 0 Å². The molecule has 5 heteroatoms. The molecular weight excluding hydrogens is 214 g/mol. The van der Waals surface area contributed by atoms with Crippen molar-refractivity contribution in [3.63, 3.8) is 0 Å². The van der Waals surface area contributed by atoms with E-state index in [2.05, 4.69) is 20.4 Å². The molecule has 1 saturated heterocycles. The largest absolute Gasteiger partial charge is 0.312 e. The summed E-state index contributed by atoms with van der Waals surface area (Å²) in [4.78, 5) is 8.29. The predicted molar refractivity (Wildman–Crippen MR) is 64.3 cm³/mol. The molecule has 5 nitrogen and oxygen atoms in total. The van der Waals surface area contributed by atoms with Crippen LogP contribution < -0.4 is 5.32 Å². The maximum atomic E-state index is 4.52. The highest BCUT2D eigenvalue weighted by Gasteiger charge is 2.15. The van der Waals surface area contributed by atoms with Crippen LogP contribution >= 0.6 is 0 Å². The van der Waals surface area contributed by atoms with E-state index in [9.17, 15) is 0 Å². The molecule has 17 heavy (non-hydrogen) atoms. The monoisotopic (exact) mass is 229 g/mol. The zero-order valence-corrected chi connectivity index (χ0v) is 9.58. The van der Waals surface area contributed by atoms with Crippen molar-refractivity contribution in [2.75, 3.05) is 6.54 Å². The molecule has 0 saturated carbocycles. The average molecular weight is 229 g/mol. The third kappa shape index (κ3) is 2.34. The first kappa shape index (κ1) is 10.4. The van der Waals surface area contributed by atoms with E-state index in [0.29, 0.717) is 6.04 Å². The molecule has 0 radical (unpaired) electrons. The third-order valence-electron chi connectivity index (χ3n) is 3.04. The van der Waals surface area contributed by atoms with E-state index >= 15 is 0 Å². The summed E-state index contributed by atoms with van der Waals surface area (Å²) in [5.41, 5.74) is 1.71. The lowest BCUT2D eigenvalue weighted by atomic mass is 10.2. The Morgan fingerprint density at radius 2 is 2.35 bits per heavy atom. The van der Waals surface area contributed by atoms with E-state index in [1.807, 2.05) is 16.9 Å². The van der Waals surface area contributed by atoms with E-state index in [1.165, 1.54) is 12.8 Å². The van der Waals surface area contributed by atoms with Gasteiger partial charge in [0.05, 0.1) is 12.7 Å². The van der Waals surface area contributed by atoms with Gasteiger partial charge in [0.15, 0.2) is 0 Å². The van der Waals surface area contributed by atoms with Gasteiger partial charge in [-0.3, -0.25) is 14.6 Å². The molecule has 2 aromatic heterocycles. The second kappa shape index (κ2) is 4.63. The number of nitrogens with one attached hydrogen (secondary N) is 1. The molecule has 2 aromatic rings. The fourth-order valence-corrected chi connectivity index (χ4v) is 2.17. The second-order valence-corrected chi connectivity index (χ2v) is 4.31. The first-order chi connectivity index (χ1) is 8.42. The van der Waals surface area contributed by atoms with Gasteiger partial charge in [-0.1, -0.05) is 0 Å². The number of hydrogen-bond acceptors (Lipinski definition) is 4. The number of nitrogens with zero attached hydrogens (tertiary/aromatic N) is 4. The molecule has 1 N–H and O–H groups in total. The van der Waals surface area contributed by atoms with Gasteiger partial charge >= 0.3 is 0 Å². The summed E-state index contributed by atoms with van der Waals surface area (Å²) in [5.74, 6) is 0. The minimum Gasteiger partial charge on any atom is -0.312 e. The van der Waals surface area contributed by atoms with Crippen LogP contribution in [0.4, 0.5) is 0 Å². The Morgan fingerprint density at radius 3 is 3.12 bits per heavy atom. The van der Waals surface area contributed by atoms with Crippen LogP contribution in [0.3, 0.4) is 0 Å². The fraction of sp³-hybridized carbons (Fsp3) is 0.417. The SMILES string of the molecule is c1cnc(-c2ccn(C[C@H]3CCCN3)n2)cn1. The molecule has 0 unspecified atom stereocenters. The van der Waals surface area contributed by atoms with Crippen LogP contribution in [-0.2, 0) is 6.54 Å². The Kier molecular flexibility index (Phi) is 2.83. The van der Waals surface area contributed by atoms with Crippen molar-refractivity contribution in [2.24, 2.45) is 0 Å². The van der Waals surface area contributed by atoms with E-state index in [-0.39, 0.29) is 0 Å². The van der Waals surface area contributed by atoms with Gasteiger partial charge in [0, 0.05) is 24.6 Å². The lowest BCUT2D eigenvalue weighted by molar-refractivity contribution is 0.477. The Morgan fingerprint density at radius 1 is 1.35 bits per heavy atom. The summed E-state index contributed by atoms with van der Waals surface area (Å²) < 4.78 is 1.98. The third-order valence-corrected chi connectivity index (χ3v) is 3.04. The topological polar surface area (TPSA) is 55.6 Å². The molecule has 0 bridgehead atoms. The summed E-state index contributed by atoms with van der Waals surface area (Å²) >= 11 is 0. The smallest absolute Gasteiger partial charge is 0.112 e. The van der Waals surface area contributed by atoms with Crippen molar-refractivity contribution in [3.8, 4) is 11.4 Å². The average Bonchev–Trinajstić information content (AvgIpc) is 3.02. The second-order valence-electron chi connectivity index (χ2n) is 4.31.